The molecule has 0 bridgehead atoms. The van der Waals surface area contributed by atoms with E-state index in [1.165, 1.54) is 18.7 Å². The number of anilines is 2. The van der Waals surface area contributed by atoms with Crippen LogP contribution in [0.25, 0.3) is 11.2 Å². The zero-order valence-electron chi connectivity index (χ0n) is 22.7. The molecule has 2 saturated heterocycles. The predicted octanol–water partition coefficient (Wildman–Crippen LogP) is 4.05. The van der Waals surface area contributed by atoms with Crippen molar-refractivity contribution in [1.82, 2.24) is 39.0 Å². The molecule has 5 aromatic rings. The zero-order chi connectivity index (χ0) is 28.8. The Hall–Kier alpha value is -4.91. The zero-order valence-corrected chi connectivity index (χ0v) is 22.7. The molecule has 0 atom stereocenters. The Bertz CT molecular complexity index is 1820. The van der Waals surface area contributed by atoms with Gasteiger partial charge in [0.05, 0.1) is 13.1 Å². The molecule has 42 heavy (non-hydrogen) atoms. The average molecular weight is 572 g/mol. The fourth-order valence-electron chi connectivity index (χ4n) is 5.37. The fourth-order valence-corrected chi connectivity index (χ4v) is 5.37. The summed E-state index contributed by atoms with van der Waals surface area (Å²) >= 11 is 0. The molecule has 2 fully saturated rings. The quantitative estimate of drug-likeness (QED) is 0.278. The lowest BCUT2D eigenvalue weighted by molar-refractivity contribution is -0.130. The van der Waals surface area contributed by atoms with Crippen molar-refractivity contribution in [3.8, 4) is 11.5 Å². The maximum atomic E-state index is 13.0. The lowest BCUT2D eigenvalue weighted by Gasteiger charge is -2.39. The molecular weight excluding hydrogens is 544 g/mol. The van der Waals surface area contributed by atoms with Gasteiger partial charge in [0.15, 0.2) is 11.5 Å². The highest BCUT2D eigenvalue weighted by molar-refractivity contribution is 5.88. The minimum atomic E-state index is -2.60. The molecule has 7 rings (SSSR count). The van der Waals surface area contributed by atoms with Gasteiger partial charge in [0.2, 0.25) is 5.91 Å². The molecule has 0 spiro atoms. The topological polar surface area (TPSA) is 105 Å². The number of pyridine rings is 1. The molecule has 0 unspecified atom stereocenters. The third kappa shape index (κ3) is 5.02. The highest BCUT2D eigenvalue weighted by Crippen LogP contribution is 2.35. The van der Waals surface area contributed by atoms with E-state index in [0.717, 1.165) is 28.1 Å². The number of benzene rings is 1. The van der Waals surface area contributed by atoms with Crippen molar-refractivity contribution < 1.29 is 18.3 Å². The van der Waals surface area contributed by atoms with Gasteiger partial charge in [-0.15, -0.1) is 0 Å². The number of amides is 1. The maximum absolute atomic E-state index is 13.0. The van der Waals surface area contributed by atoms with Crippen LogP contribution in [0.3, 0.4) is 0 Å². The number of fused-ring (bicyclic) bond motifs is 2. The third-order valence-corrected chi connectivity index (χ3v) is 7.57. The van der Waals surface area contributed by atoms with Crippen molar-refractivity contribution in [3.05, 3.63) is 84.7 Å². The number of carbonyl (C=O) groups excluding carboxylic acids is 1. The van der Waals surface area contributed by atoms with Gasteiger partial charge < -0.3 is 15.0 Å². The molecule has 1 N–H and O–H groups in total. The summed E-state index contributed by atoms with van der Waals surface area (Å²) in [7, 11) is 0. The summed E-state index contributed by atoms with van der Waals surface area (Å²) < 4.78 is 35.5. The summed E-state index contributed by atoms with van der Waals surface area (Å²) in [5, 5.41) is 11.9. The van der Waals surface area contributed by atoms with Gasteiger partial charge in [0.25, 0.3) is 5.92 Å². The highest BCUT2D eigenvalue weighted by atomic mass is 19.3. The summed E-state index contributed by atoms with van der Waals surface area (Å²) in [4.78, 5) is 24.6. The minimum absolute atomic E-state index is 0.115. The number of ether oxygens (including phenoxy) is 1. The van der Waals surface area contributed by atoms with Gasteiger partial charge in [-0.1, -0.05) is 6.08 Å². The number of hydrogen-bond donors (Lipinski definition) is 1. The van der Waals surface area contributed by atoms with Crippen LogP contribution in [0.4, 0.5) is 20.3 Å². The second-order valence-corrected chi connectivity index (χ2v) is 10.7. The smallest absolute Gasteiger partial charge is 0.272 e. The molecule has 0 aliphatic carbocycles. The van der Waals surface area contributed by atoms with Crippen molar-refractivity contribution in [3.63, 3.8) is 0 Å². The molecule has 1 amide bonds. The Labute approximate surface area is 239 Å². The van der Waals surface area contributed by atoms with Crippen LogP contribution in [-0.4, -0.2) is 83.5 Å². The van der Waals surface area contributed by atoms with E-state index in [-0.39, 0.29) is 24.9 Å². The number of aromatic nitrogens is 6. The van der Waals surface area contributed by atoms with Crippen LogP contribution in [0.1, 0.15) is 17.0 Å². The molecule has 1 aromatic carbocycles. The van der Waals surface area contributed by atoms with Crippen LogP contribution in [0.5, 0.6) is 11.5 Å². The Morgan fingerprint density at radius 2 is 1.86 bits per heavy atom. The van der Waals surface area contributed by atoms with Crippen LogP contribution < -0.4 is 10.1 Å². The summed E-state index contributed by atoms with van der Waals surface area (Å²) in [6.45, 7) is 2.94. The maximum Gasteiger partial charge on any atom is 0.272 e. The number of rotatable bonds is 8. The van der Waals surface area contributed by atoms with Crippen LogP contribution in [0, 0.1) is 6.92 Å². The number of nitrogens with zero attached hydrogens (tertiary/aromatic N) is 8. The van der Waals surface area contributed by atoms with Crippen molar-refractivity contribution in [2.45, 2.75) is 18.8 Å². The second kappa shape index (κ2) is 10.2. The van der Waals surface area contributed by atoms with E-state index in [2.05, 4.69) is 25.5 Å². The van der Waals surface area contributed by atoms with E-state index >= 15 is 0 Å². The van der Waals surface area contributed by atoms with Crippen molar-refractivity contribution in [2.24, 2.45) is 0 Å². The van der Waals surface area contributed by atoms with E-state index in [1.54, 1.807) is 31.1 Å². The molecule has 0 saturated carbocycles. The summed E-state index contributed by atoms with van der Waals surface area (Å²) in [5.74, 6) is -0.544. The largest absolute Gasteiger partial charge is 0.457 e. The van der Waals surface area contributed by atoms with Crippen molar-refractivity contribution in [2.75, 3.05) is 38.0 Å². The fraction of sp³-hybridized carbons (Fsp3) is 0.276. The van der Waals surface area contributed by atoms with E-state index < -0.39 is 5.92 Å². The van der Waals surface area contributed by atoms with E-state index in [9.17, 15) is 13.6 Å². The SMILES string of the molecule is Cc1cc(Nc2ncnn3ccc(C4CN(C(=O)/C=C/CN5CC(F)(F)C5)C4)c23)ccc1Oc1ccn2ncnc2c1. The first kappa shape index (κ1) is 26.0. The molecular formula is C29H27F2N9O2. The van der Waals surface area contributed by atoms with E-state index in [1.807, 2.05) is 49.5 Å². The number of likely N-dealkylation sites (tertiary alicyclic amines) is 2. The molecule has 0 radical (unpaired) electrons. The first-order valence-electron chi connectivity index (χ1n) is 13.5. The highest BCUT2D eigenvalue weighted by Gasteiger charge is 2.43. The Balaban J connectivity index is 1.02. The number of aryl methyl sites for hydroxylation is 1. The van der Waals surface area contributed by atoms with Gasteiger partial charge in [0, 0.05) is 55.8 Å². The van der Waals surface area contributed by atoms with Crippen molar-refractivity contribution in [1.29, 1.82) is 0 Å². The van der Waals surface area contributed by atoms with Crippen LogP contribution in [-0.2, 0) is 4.79 Å². The Kier molecular flexibility index (Phi) is 6.30. The third-order valence-electron chi connectivity index (χ3n) is 7.57. The number of nitrogens with one attached hydrogen (secondary N) is 1. The van der Waals surface area contributed by atoms with Gasteiger partial charge in [-0.05, 0) is 48.4 Å². The Morgan fingerprint density at radius 1 is 1.07 bits per heavy atom. The normalized spacial score (nSPS) is 17.1. The summed E-state index contributed by atoms with van der Waals surface area (Å²) in [6.07, 6.45) is 9.81. The molecule has 13 heteroatoms. The van der Waals surface area contributed by atoms with Gasteiger partial charge in [-0.25, -0.2) is 27.8 Å². The molecule has 6 heterocycles. The standard InChI is InChI=1S/C29H27F2N9O2/c1-19-11-21(4-5-24(19)42-22-6-9-39-25(12-22)32-17-34-39)36-28-27-23(7-10-40(27)35-18-33-28)20-13-38(14-20)26(41)3-2-8-37-15-29(30,31)16-37/h2-7,9-12,17-18,20H,8,13-16H2,1H3,(H,33,35,36)/b3-2+. The first-order valence-corrected chi connectivity index (χ1v) is 13.5. The van der Waals surface area contributed by atoms with Gasteiger partial charge in [-0.3, -0.25) is 9.69 Å². The molecule has 2 aliphatic rings. The molecule has 11 nitrogen and oxygen atoms in total. The number of carbonyl (C=O) groups is 1. The van der Waals surface area contributed by atoms with E-state index in [4.69, 9.17) is 4.74 Å². The van der Waals surface area contributed by atoms with Crippen LogP contribution >= 0.6 is 0 Å². The van der Waals surface area contributed by atoms with Gasteiger partial charge >= 0.3 is 0 Å². The molecule has 4 aromatic heterocycles. The average Bonchev–Trinajstić information content (AvgIpc) is 3.56. The Morgan fingerprint density at radius 3 is 2.67 bits per heavy atom. The molecule has 214 valence electrons. The lowest BCUT2D eigenvalue weighted by Crippen LogP contribution is -2.55. The van der Waals surface area contributed by atoms with E-state index in [0.29, 0.717) is 36.8 Å². The number of hydrogen-bond acceptors (Lipinski definition) is 8. The molecule has 2 aliphatic heterocycles. The second-order valence-electron chi connectivity index (χ2n) is 10.7. The summed E-state index contributed by atoms with van der Waals surface area (Å²) in [6, 6.07) is 11.5. The van der Waals surface area contributed by atoms with Crippen LogP contribution in [0.2, 0.25) is 0 Å². The number of halogens is 2. The number of alkyl halides is 2. The van der Waals surface area contributed by atoms with Crippen LogP contribution in [0.15, 0.2) is 73.6 Å². The first-order chi connectivity index (χ1) is 20.3. The lowest BCUT2D eigenvalue weighted by atomic mass is 9.92. The predicted molar refractivity (Wildman–Crippen MR) is 150 cm³/mol. The van der Waals surface area contributed by atoms with Gasteiger partial charge in [-0.2, -0.15) is 10.2 Å². The minimum Gasteiger partial charge on any atom is -0.457 e. The van der Waals surface area contributed by atoms with Gasteiger partial charge in [0.1, 0.15) is 29.7 Å². The van der Waals surface area contributed by atoms with Crippen molar-refractivity contribution >= 4 is 28.6 Å². The summed E-state index contributed by atoms with van der Waals surface area (Å²) in [5.41, 5.74) is 4.38. The monoisotopic (exact) mass is 571 g/mol.